The van der Waals surface area contributed by atoms with Gasteiger partial charge in [0.1, 0.15) is 0 Å². The van der Waals surface area contributed by atoms with Crippen molar-refractivity contribution in [3.05, 3.63) is 33.8 Å². The maximum atomic E-state index is 6.01. The molecule has 0 spiro atoms. The number of nitrogens with two attached hydrogens (primary N) is 1. The topological polar surface area (TPSA) is 47.3 Å². The van der Waals surface area contributed by atoms with Gasteiger partial charge in [0.05, 0.1) is 28.3 Å². The summed E-state index contributed by atoms with van der Waals surface area (Å²) in [5.41, 5.74) is 3.95. The van der Waals surface area contributed by atoms with Crippen LogP contribution >= 0.6 is 23.2 Å². The zero-order valence-electron chi connectivity index (χ0n) is 10.3. The molecule has 2 rings (SSSR count). The molecule has 1 aromatic carbocycles. The maximum Gasteiger partial charge on any atom is 0.0749 e. The summed E-state index contributed by atoms with van der Waals surface area (Å²) >= 11 is 11.9. The van der Waals surface area contributed by atoms with Crippen LogP contribution in [0.15, 0.2) is 18.2 Å². The van der Waals surface area contributed by atoms with Crippen molar-refractivity contribution < 1.29 is 4.74 Å². The van der Waals surface area contributed by atoms with E-state index in [0.29, 0.717) is 16.1 Å². The van der Waals surface area contributed by atoms with E-state index < -0.39 is 0 Å². The zero-order chi connectivity index (χ0) is 13.1. The number of ether oxygens (including phenoxy) is 1. The molecule has 18 heavy (non-hydrogen) atoms. The van der Waals surface area contributed by atoms with Crippen LogP contribution in [0, 0.1) is 0 Å². The van der Waals surface area contributed by atoms with Crippen molar-refractivity contribution in [1.29, 1.82) is 0 Å². The van der Waals surface area contributed by atoms with E-state index in [1.165, 1.54) is 0 Å². The van der Waals surface area contributed by atoms with Crippen molar-refractivity contribution in [2.75, 3.05) is 0 Å². The molecular weight excluding hydrogens is 271 g/mol. The summed E-state index contributed by atoms with van der Waals surface area (Å²) in [6.07, 6.45) is 3.39. The van der Waals surface area contributed by atoms with E-state index in [2.05, 4.69) is 12.3 Å². The quantitative estimate of drug-likeness (QED) is 0.662. The highest BCUT2D eigenvalue weighted by molar-refractivity contribution is 6.42. The van der Waals surface area contributed by atoms with Gasteiger partial charge in [0.15, 0.2) is 0 Å². The lowest BCUT2D eigenvalue weighted by molar-refractivity contribution is 0.0320. The Morgan fingerprint density at radius 2 is 2.17 bits per heavy atom. The molecule has 0 aromatic heterocycles. The summed E-state index contributed by atoms with van der Waals surface area (Å²) in [7, 11) is 0. The Morgan fingerprint density at radius 1 is 1.39 bits per heavy atom. The SMILES string of the molecule is CC1CCC(C(Cc2ccc(Cl)c(Cl)c2)NN)O1. The molecule has 3 unspecified atom stereocenters. The number of rotatable bonds is 4. The second-order valence-electron chi connectivity index (χ2n) is 4.79. The molecule has 0 bridgehead atoms. The third-order valence-electron chi connectivity index (χ3n) is 3.37. The van der Waals surface area contributed by atoms with Gasteiger partial charge >= 0.3 is 0 Å². The van der Waals surface area contributed by atoms with Gasteiger partial charge in [-0.15, -0.1) is 0 Å². The first-order valence-electron chi connectivity index (χ1n) is 6.15. The Morgan fingerprint density at radius 3 is 2.72 bits per heavy atom. The average molecular weight is 289 g/mol. The molecule has 0 radical (unpaired) electrons. The minimum atomic E-state index is 0.104. The van der Waals surface area contributed by atoms with Gasteiger partial charge in [-0.1, -0.05) is 29.3 Å². The monoisotopic (exact) mass is 288 g/mol. The average Bonchev–Trinajstić information content (AvgIpc) is 2.77. The fourth-order valence-electron chi connectivity index (χ4n) is 2.35. The van der Waals surface area contributed by atoms with E-state index in [1.54, 1.807) is 0 Å². The first-order chi connectivity index (χ1) is 8.60. The number of halogens is 2. The molecule has 1 aliphatic heterocycles. The maximum absolute atomic E-state index is 6.01. The van der Waals surface area contributed by atoms with E-state index in [4.69, 9.17) is 33.8 Å². The fraction of sp³-hybridized carbons (Fsp3) is 0.538. The van der Waals surface area contributed by atoms with Gasteiger partial charge in [-0.2, -0.15) is 0 Å². The lowest BCUT2D eigenvalue weighted by Crippen LogP contribution is -2.45. The highest BCUT2D eigenvalue weighted by Gasteiger charge is 2.29. The Bertz CT molecular complexity index is 414. The number of hydrogen-bond donors (Lipinski definition) is 2. The van der Waals surface area contributed by atoms with E-state index in [1.807, 2.05) is 18.2 Å². The van der Waals surface area contributed by atoms with Crippen LogP contribution in [0.5, 0.6) is 0 Å². The largest absolute Gasteiger partial charge is 0.374 e. The summed E-state index contributed by atoms with van der Waals surface area (Å²) in [5.74, 6) is 5.62. The van der Waals surface area contributed by atoms with Crippen molar-refractivity contribution in [3.8, 4) is 0 Å². The molecule has 3 N–H and O–H groups in total. The standard InChI is InChI=1S/C13H18Cl2N2O/c1-8-2-5-13(18-8)12(17-16)7-9-3-4-10(14)11(15)6-9/h3-4,6,8,12-13,17H,2,5,7,16H2,1H3. The van der Waals surface area contributed by atoms with Crippen LogP contribution in [0.1, 0.15) is 25.3 Å². The van der Waals surface area contributed by atoms with E-state index in [9.17, 15) is 0 Å². The van der Waals surface area contributed by atoms with Crippen LogP contribution in [0.3, 0.4) is 0 Å². The second kappa shape index (κ2) is 6.22. The van der Waals surface area contributed by atoms with Gasteiger partial charge in [0.25, 0.3) is 0 Å². The molecule has 1 saturated heterocycles. The molecule has 3 atom stereocenters. The lowest BCUT2D eigenvalue weighted by Gasteiger charge is -2.23. The van der Waals surface area contributed by atoms with Crippen LogP contribution in [0.4, 0.5) is 0 Å². The van der Waals surface area contributed by atoms with Gasteiger partial charge in [-0.3, -0.25) is 11.3 Å². The summed E-state index contributed by atoms with van der Waals surface area (Å²) in [5, 5.41) is 1.15. The van der Waals surface area contributed by atoms with Crippen LogP contribution in [-0.4, -0.2) is 18.2 Å². The molecule has 3 nitrogen and oxygen atoms in total. The van der Waals surface area contributed by atoms with Crippen LogP contribution < -0.4 is 11.3 Å². The fourth-order valence-corrected chi connectivity index (χ4v) is 2.67. The molecule has 0 saturated carbocycles. The predicted octanol–water partition coefficient (Wildman–Crippen LogP) is 2.94. The van der Waals surface area contributed by atoms with E-state index in [-0.39, 0.29) is 12.1 Å². The Balaban J connectivity index is 2.03. The van der Waals surface area contributed by atoms with Crippen LogP contribution in [0.25, 0.3) is 0 Å². The van der Waals surface area contributed by atoms with Crippen molar-refractivity contribution in [1.82, 2.24) is 5.43 Å². The zero-order valence-corrected chi connectivity index (χ0v) is 11.8. The highest BCUT2D eigenvalue weighted by Crippen LogP contribution is 2.26. The molecule has 1 aliphatic rings. The molecule has 0 aliphatic carbocycles. The number of hydrazine groups is 1. The van der Waals surface area contributed by atoms with Gasteiger partial charge in [-0.25, -0.2) is 0 Å². The van der Waals surface area contributed by atoms with Gasteiger partial charge < -0.3 is 4.74 Å². The third-order valence-corrected chi connectivity index (χ3v) is 4.11. The normalized spacial score (nSPS) is 25.3. The van der Waals surface area contributed by atoms with E-state index in [0.717, 1.165) is 24.8 Å². The van der Waals surface area contributed by atoms with Gasteiger partial charge in [0, 0.05) is 0 Å². The molecule has 0 amide bonds. The Labute approximate surface area is 118 Å². The number of hydrogen-bond acceptors (Lipinski definition) is 3. The Kier molecular flexibility index (Phi) is 4.87. The smallest absolute Gasteiger partial charge is 0.0749 e. The minimum Gasteiger partial charge on any atom is -0.374 e. The van der Waals surface area contributed by atoms with Crippen LogP contribution in [0.2, 0.25) is 10.0 Å². The summed E-state index contributed by atoms with van der Waals surface area (Å²) in [6, 6.07) is 5.77. The van der Waals surface area contributed by atoms with Crippen LogP contribution in [-0.2, 0) is 11.2 Å². The summed E-state index contributed by atoms with van der Waals surface area (Å²) in [4.78, 5) is 0. The van der Waals surface area contributed by atoms with Crippen molar-refractivity contribution >= 4 is 23.2 Å². The van der Waals surface area contributed by atoms with Crippen molar-refractivity contribution in [2.24, 2.45) is 5.84 Å². The predicted molar refractivity (Wildman–Crippen MR) is 74.8 cm³/mol. The van der Waals surface area contributed by atoms with Crippen molar-refractivity contribution in [3.63, 3.8) is 0 Å². The molecule has 1 fully saturated rings. The summed E-state index contributed by atoms with van der Waals surface area (Å²) < 4.78 is 5.84. The highest BCUT2D eigenvalue weighted by atomic mass is 35.5. The third kappa shape index (κ3) is 3.37. The van der Waals surface area contributed by atoms with E-state index >= 15 is 0 Å². The molecule has 100 valence electrons. The lowest BCUT2D eigenvalue weighted by atomic mass is 10.00. The number of benzene rings is 1. The molecule has 1 aromatic rings. The molecule has 1 heterocycles. The number of nitrogens with one attached hydrogen (secondary N) is 1. The second-order valence-corrected chi connectivity index (χ2v) is 5.60. The first-order valence-corrected chi connectivity index (χ1v) is 6.91. The minimum absolute atomic E-state index is 0.104. The van der Waals surface area contributed by atoms with Gasteiger partial charge in [0.2, 0.25) is 0 Å². The first kappa shape index (κ1) is 14.1. The molecule has 5 heteroatoms. The van der Waals surface area contributed by atoms with Gasteiger partial charge in [-0.05, 0) is 43.9 Å². The van der Waals surface area contributed by atoms with Crippen molar-refractivity contribution in [2.45, 2.75) is 44.4 Å². The summed E-state index contributed by atoms with van der Waals surface area (Å²) in [6.45, 7) is 2.09. The Hall–Kier alpha value is -0.320. The molecular formula is C13H18Cl2N2O.